The predicted octanol–water partition coefficient (Wildman–Crippen LogP) is 3.78. The fourth-order valence-corrected chi connectivity index (χ4v) is 4.27. The summed E-state index contributed by atoms with van der Waals surface area (Å²) in [5, 5.41) is 9.54. The van der Waals surface area contributed by atoms with E-state index in [0.29, 0.717) is 0 Å². The lowest BCUT2D eigenvalue weighted by Crippen LogP contribution is -2.45. The number of para-hydroxylation sites is 1. The molecule has 2 aromatic carbocycles. The van der Waals surface area contributed by atoms with Crippen LogP contribution in [0.4, 0.5) is 5.82 Å². The van der Waals surface area contributed by atoms with Crippen molar-refractivity contribution in [3.05, 3.63) is 72.4 Å². The Hall–Kier alpha value is -3.34. The van der Waals surface area contributed by atoms with Crippen molar-refractivity contribution < 1.29 is 4.98 Å². The van der Waals surface area contributed by atoms with Gasteiger partial charge in [-0.25, -0.2) is 4.98 Å². The van der Waals surface area contributed by atoms with E-state index < -0.39 is 0 Å². The van der Waals surface area contributed by atoms with Crippen molar-refractivity contribution in [1.82, 2.24) is 9.58 Å². The summed E-state index contributed by atoms with van der Waals surface area (Å²) in [7, 11) is 0. The summed E-state index contributed by atoms with van der Waals surface area (Å²) in [6.07, 6.45) is 3.98. The molecule has 0 radical (unpaired) electrons. The van der Waals surface area contributed by atoms with Gasteiger partial charge in [0.2, 0.25) is 0 Å². The van der Waals surface area contributed by atoms with Crippen LogP contribution in [-0.2, 0) is 6.54 Å². The summed E-state index contributed by atoms with van der Waals surface area (Å²) in [4.78, 5) is 5.69. The Kier molecular flexibility index (Phi) is 4.64. The Morgan fingerprint density at radius 1 is 0.897 bits per heavy atom. The van der Waals surface area contributed by atoms with Crippen LogP contribution in [0.2, 0.25) is 0 Å². The highest BCUT2D eigenvalue weighted by atomic mass is 15.5. The van der Waals surface area contributed by atoms with Crippen molar-refractivity contribution in [3.63, 3.8) is 0 Å². The van der Waals surface area contributed by atoms with Crippen molar-refractivity contribution in [1.29, 1.82) is 0 Å². The number of H-pyrrole nitrogens is 1. The Morgan fingerprint density at radius 2 is 1.69 bits per heavy atom. The number of hydrogen-bond acceptors (Lipinski definition) is 3. The molecular weight excluding hydrogens is 358 g/mol. The average Bonchev–Trinajstić information content (AvgIpc) is 3.11. The molecule has 1 saturated heterocycles. The van der Waals surface area contributed by atoms with Gasteiger partial charge in [-0.1, -0.05) is 30.3 Å². The van der Waals surface area contributed by atoms with E-state index in [1.54, 1.807) is 0 Å². The van der Waals surface area contributed by atoms with E-state index in [-0.39, 0.29) is 0 Å². The molecule has 0 amide bonds. The van der Waals surface area contributed by atoms with Crippen molar-refractivity contribution in [2.24, 2.45) is 5.10 Å². The summed E-state index contributed by atoms with van der Waals surface area (Å²) in [5.41, 5.74) is 3.74. The van der Waals surface area contributed by atoms with Gasteiger partial charge in [0.05, 0.1) is 25.5 Å². The number of aryl methyl sites for hydroxylation is 1. The molecule has 5 rings (SSSR count). The molecule has 146 valence electrons. The zero-order valence-corrected chi connectivity index (χ0v) is 16.8. The third-order valence-corrected chi connectivity index (χ3v) is 5.77. The summed E-state index contributed by atoms with van der Waals surface area (Å²) in [5.74, 6) is 1.17. The molecule has 5 heteroatoms. The van der Waals surface area contributed by atoms with Crippen molar-refractivity contribution in [2.45, 2.75) is 13.5 Å². The maximum atomic E-state index is 4.76. The minimum Gasteiger partial charge on any atom is -0.341 e. The summed E-state index contributed by atoms with van der Waals surface area (Å²) >= 11 is 0. The Bertz CT molecular complexity index is 1150. The average molecular weight is 385 g/mol. The first-order valence-electron chi connectivity index (χ1n) is 10.3. The van der Waals surface area contributed by atoms with Crippen LogP contribution in [-0.4, -0.2) is 42.0 Å². The maximum absolute atomic E-state index is 4.76. The van der Waals surface area contributed by atoms with Gasteiger partial charge in [0.25, 0.3) is 5.82 Å². The predicted molar refractivity (Wildman–Crippen MR) is 119 cm³/mol. The number of pyridine rings is 1. The van der Waals surface area contributed by atoms with Crippen LogP contribution < -0.4 is 9.88 Å². The Labute approximate surface area is 170 Å². The number of fused-ring (bicyclic) bond motifs is 3. The summed E-state index contributed by atoms with van der Waals surface area (Å²) in [6.45, 7) is 6.98. The standard InChI is InChI=1S/C24H25N5/c1-2-29-22-8-4-3-7-20(22)21-17-19(10-11-23(21)29)18-26-28-15-13-27(14-16-28)24-9-5-6-12-25-24/h3-12,17-18H,2,13-16H2,1H3/p+1/b26-18-. The molecule has 2 aromatic heterocycles. The van der Waals surface area contributed by atoms with Gasteiger partial charge in [0, 0.05) is 34.4 Å². The second kappa shape index (κ2) is 7.59. The lowest BCUT2D eigenvalue weighted by atomic mass is 10.1. The molecule has 29 heavy (non-hydrogen) atoms. The van der Waals surface area contributed by atoms with Crippen molar-refractivity contribution in [2.75, 3.05) is 31.1 Å². The van der Waals surface area contributed by atoms with E-state index in [1.165, 1.54) is 27.6 Å². The largest absolute Gasteiger partial charge is 0.341 e. The first-order chi connectivity index (χ1) is 14.3. The molecule has 0 spiro atoms. The van der Waals surface area contributed by atoms with Gasteiger partial charge in [-0.3, -0.25) is 9.91 Å². The third-order valence-electron chi connectivity index (χ3n) is 5.77. The maximum Gasteiger partial charge on any atom is 0.274 e. The number of piperazine rings is 1. The van der Waals surface area contributed by atoms with Gasteiger partial charge in [0.15, 0.2) is 0 Å². The number of benzene rings is 2. The molecule has 0 atom stereocenters. The van der Waals surface area contributed by atoms with Crippen LogP contribution in [0.1, 0.15) is 12.5 Å². The number of aromatic nitrogens is 2. The van der Waals surface area contributed by atoms with Gasteiger partial charge in [0.1, 0.15) is 13.1 Å². The van der Waals surface area contributed by atoms with E-state index in [9.17, 15) is 0 Å². The number of anilines is 1. The van der Waals surface area contributed by atoms with E-state index in [2.05, 4.69) is 81.0 Å². The van der Waals surface area contributed by atoms with Crippen LogP contribution in [0.3, 0.4) is 0 Å². The minimum absolute atomic E-state index is 0.927. The smallest absolute Gasteiger partial charge is 0.274 e. The molecule has 0 unspecified atom stereocenters. The molecule has 0 aliphatic carbocycles. The van der Waals surface area contributed by atoms with Crippen LogP contribution >= 0.6 is 0 Å². The second-order valence-electron chi connectivity index (χ2n) is 7.47. The van der Waals surface area contributed by atoms with Crippen LogP contribution in [0, 0.1) is 0 Å². The van der Waals surface area contributed by atoms with Gasteiger partial charge in [-0.15, -0.1) is 0 Å². The molecule has 3 heterocycles. The molecule has 0 bridgehead atoms. The van der Waals surface area contributed by atoms with E-state index in [0.717, 1.165) is 38.3 Å². The molecule has 4 aromatic rings. The number of hydrogen-bond donors (Lipinski definition) is 0. The number of rotatable bonds is 4. The first-order valence-corrected chi connectivity index (χ1v) is 10.3. The lowest BCUT2D eigenvalue weighted by molar-refractivity contribution is -0.364. The molecule has 1 N–H and O–H groups in total. The van der Waals surface area contributed by atoms with Gasteiger partial charge in [-0.05, 0) is 36.8 Å². The van der Waals surface area contributed by atoms with Gasteiger partial charge >= 0.3 is 0 Å². The number of nitrogens with zero attached hydrogens (tertiary/aromatic N) is 4. The topological polar surface area (TPSA) is 37.9 Å². The highest BCUT2D eigenvalue weighted by Crippen LogP contribution is 2.29. The fraction of sp³-hybridized carbons (Fsp3) is 0.250. The summed E-state index contributed by atoms with van der Waals surface area (Å²) < 4.78 is 2.38. The van der Waals surface area contributed by atoms with Gasteiger partial charge in [-0.2, -0.15) is 5.10 Å². The monoisotopic (exact) mass is 384 g/mol. The molecule has 0 saturated carbocycles. The molecule has 1 fully saturated rings. The third kappa shape index (κ3) is 3.33. The zero-order chi connectivity index (χ0) is 19.6. The number of hydrazone groups is 1. The fourth-order valence-electron chi connectivity index (χ4n) is 4.27. The normalized spacial score (nSPS) is 15.1. The van der Waals surface area contributed by atoms with E-state index in [4.69, 9.17) is 5.10 Å². The van der Waals surface area contributed by atoms with Crippen molar-refractivity contribution in [3.8, 4) is 0 Å². The molecular formula is C24H26N5+. The lowest BCUT2D eigenvalue weighted by Gasteiger charge is -2.28. The Morgan fingerprint density at radius 3 is 2.48 bits per heavy atom. The highest BCUT2D eigenvalue weighted by Gasteiger charge is 2.21. The second-order valence-corrected chi connectivity index (χ2v) is 7.47. The van der Waals surface area contributed by atoms with Crippen molar-refractivity contribution >= 4 is 33.8 Å². The van der Waals surface area contributed by atoms with Crippen LogP contribution in [0.25, 0.3) is 21.8 Å². The molecule has 1 aliphatic heterocycles. The highest BCUT2D eigenvalue weighted by molar-refractivity contribution is 6.09. The SMILES string of the molecule is CCn1c2ccccc2c2cc(/C=N\N3CCN(c4cccc[nH+]4)CC3)ccc21. The summed E-state index contributed by atoms with van der Waals surface area (Å²) in [6, 6.07) is 21.5. The molecule has 5 nitrogen and oxygen atoms in total. The zero-order valence-electron chi connectivity index (χ0n) is 16.8. The quantitative estimate of drug-likeness (QED) is 0.502. The van der Waals surface area contributed by atoms with E-state index in [1.807, 2.05) is 18.5 Å². The molecule has 1 aliphatic rings. The van der Waals surface area contributed by atoms with Crippen LogP contribution in [0.15, 0.2) is 72.0 Å². The minimum atomic E-state index is 0.927. The number of nitrogens with one attached hydrogen (secondary N) is 1. The Balaban J connectivity index is 1.34. The van der Waals surface area contributed by atoms with E-state index >= 15 is 0 Å². The van der Waals surface area contributed by atoms with Gasteiger partial charge < -0.3 is 4.57 Å². The van der Waals surface area contributed by atoms with Crippen LogP contribution in [0.5, 0.6) is 0 Å². The number of aromatic amines is 1. The first kappa shape index (κ1) is 17.7.